The minimum absolute atomic E-state index is 0.823. The summed E-state index contributed by atoms with van der Waals surface area (Å²) in [7, 11) is 0. The van der Waals surface area contributed by atoms with Crippen LogP contribution in [-0.2, 0) is 6.42 Å². The summed E-state index contributed by atoms with van der Waals surface area (Å²) in [6.45, 7) is 0. The molecule has 0 aliphatic carbocycles. The molecular weight excluding hydrogens is 778 g/mol. The number of para-hydroxylation sites is 5. The Morgan fingerprint density at radius 2 is 1.28 bits per heavy atom. The third-order valence-corrected chi connectivity index (χ3v) is 9.85. The lowest BCUT2D eigenvalue weighted by Gasteiger charge is -2.26. The van der Waals surface area contributed by atoms with Crippen LogP contribution in [0.1, 0.15) is 5.56 Å². The van der Waals surface area contributed by atoms with Gasteiger partial charge in [-0.1, -0.05) is 98.6 Å². The van der Waals surface area contributed by atoms with E-state index in [-0.39, 0.29) is 0 Å². The van der Waals surface area contributed by atoms with Gasteiger partial charge in [-0.3, -0.25) is 13.9 Å². The molecule has 0 radical (unpaired) electrons. The molecule has 6 aromatic carbocycles. The van der Waals surface area contributed by atoms with Crippen molar-refractivity contribution in [3.8, 4) is 5.69 Å². The number of amidine groups is 1. The first-order chi connectivity index (χ1) is 23.0. The maximum atomic E-state index is 4.88. The Morgan fingerprint density at radius 1 is 0.596 bits per heavy atom. The van der Waals surface area contributed by atoms with Crippen LogP contribution in [0, 0.1) is 0 Å². The van der Waals surface area contributed by atoms with E-state index < -0.39 is 0 Å². The monoisotopic (exact) mass is 801 g/mol. The maximum Gasteiger partial charge on any atom is 0.220 e. The summed E-state index contributed by atoms with van der Waals surface area (Å²) in [5, 5.41) is 0. The van der Waals surface area contributed by atoms with Crippen molar-refractivity contribution < 1.29 is 0 Å². The summed E-state index contributed by atoms with van der Waals surface area (Å²) in [6, 6.07) is 49.9. The first-order valence-corrected chi connectivity index (χ1v) is 17.5. The predicted molar refractivity (Wildman–Crippen MR) is 205 cm³/mol. The largest absolute Gasteiger partial charge is 0.297 e. The van der Waals surface area contributed by atoms with Crippen LogP contribution in [0.5, 0.6) is 0 Å². The van der Waals surface area contributed by atoms with Crippen molar-refractivity contribution in [1.82, 2.24) is 14.0 Å². The van der Waals surface area contributed by atoms with Gasteiger partial charge in [-0.2, -0.15) is 0 Å². The summed E-state index contributed by atoms with van der Waals surface area (Å²) in [6.07, 6.45) is 0.823. The molecule has 1 aliphatic rings. The van der Waals surface area contributed by atoms with Crippen LogP contribution < -0.4 is 4.90 Å². The minimum atomic E-state index is 0.823. The zero-order chi connectivity index (χ0) is 31.9. The summed E-state index contributed by atoms with van der Waals surface area (Å²) in [5.74, 6) is 1.96. The van der Waals surface area contributed by atoms with E-state index >= 15 is 0 Å². The van der Waals surface area contributed by atoms with E-state index in [2.05, 4.69) is 177 Å². The average Bonchev–Trinajstić information content (AvgIpc) is 3.78. The van der Waals surface area contributed by atoms with Crippen molar-refractivity contribution in [3.05, 3.63) is 165 Å². The molecule has 0 fully saturated rings. The Morgan fingerprint density at radius 3 is 2.09 bits per heavy atom. The lowest BCUT2D eigenvalue weighted by atomic mass is 10.1. The van der Waals surface area contributed by atoms with Crippen molar-refractivity contribution in [2.45, 2.75) is 6.42 Å². The Hall–Kier alpha value is -4.50. The fourth-order valence-electron chi connectivity index (χ4n) is 6.11. The molecule has 1 aliphatic heterocycles. The number of rotatable bonds is 3. The molecule has 0 atom stereocenters. The second-order valence-electron chi connectivity index (χ2n) is 11.1. The second kappa shape index (κ2) is 12.6. The van der Waals surface area contributed by atoms with Crippen LogP contribution in [0.25, 0.3) is 33.5 Å². The van der Waals surface area contributed by atoms with Crippen molar-refractivity contribution in [3.63, 3.8) is 0 Å². The van der Waals surface area contributed by atoms with E-state index in [0.717, 1.165) is 76.3 Å². The number of nitrogens with zero attached hydrogens (tertiary/aromatic N) is 5. The Labute approximate surface area is 297 Å². The Kier molecular flexibility index (Phi) is 8.01. The Bertz CT molecular complexity index is 2430. The van der Waals surface area contributed by atoms with Crippen LogP contribution in [0.4, 0.5) is 17.1 Å². The smallest absolute Gasteiger partial charge is 0.220 e. The normalized spacial score (nSPS) is 12.2. The molecule has 0 unspecified atom stereocenters. The van der Waals surface area contributed by atoms with Crippen molar-refractivity contribution in [2.24, 2.45) is 4.99 Å². The van der Waals surface area contributed by atoms with Gasteiger partial charge < -0.3 is 0 Å². The van der Waals surface area contributed by atoms with Crippen LogP contribution in [0.15, 0.2) is 164 Å². The van der Waals surface area contributed by atoms with Gasteiger partial charge in [0.25, 0.3) is 0 Å². The number of fused-ring (bicyclic) bond motifs is 6. The maximum absolute atomic E-state index is 4.88. The summed E-state index contributed by atoms with van der Waals surface area (Å²) in [4.78, 5) is 12.0. The molecule has 0 amide bonds. The summed E-state index contributed by atoms with van der Waals surface area (Å²) in [5.41, 5.74) is 10.0. The van der Waals surface area contributed by atoms with Crippen molar-refractivity contribution in [1.29, 1.82) is 0 Å². The van der Waals surface area contributed by atoms with Gasteiger partial charge in [-0.05, 0) is 100 Å². The van der Waals surface area contributed by atoms with E-state index in [0.29, 0.717) is 0 Å². The highest BCUT2D eigenvalue weighted by Gasteiger charge is 2.24. The molecule has 8 heteroatoms. The van der Waals surface area contributed by atoms with Gasteiger partial charge in [-0.25, -0.2) is 9.98 Å². The number of aliphatic imine (C=N–C) groups is 1. The quantitative estimate of drug-likeness (QED) is 0.178. The molecule has 3 heterocycles. The van der Waals surface area contributed by atoms with Gasteiger partial charge in [0.2, 0.25) is 5.78 Å². The molecule has 8 aromatic rings. The number of hydrogen-bond donors (Lipinski definition) is 0. The van der Waals surface area contributed by atoms with Crippen LogP contribution >= 0.6 is 47.8 Å². The number of imidazole rings is 2. The number of aromatic nitrogens is 3. The highest BCUT2D eigenvalue weighted by Crippen LogP contribution is 2.38. The van der Waals surface area contributed by atoms with Gasteiger partial charge in [0.15, 0.2) is 0 Å². The van der Waals surface area contributed by atoms with Crippen molar-refractivity contribution in [2.75, 3.05) is 4.90 Å². The Balaban J connectivity index is 0.000000138. The molecule has 228 valence electrons. The molecule has 9 rings (SSSR count). The molecule has 0 bridgehead atoms. The third-order valence-electron chi connectivity index (χ3n) is 8.19. The molecule has 0 spiro atoms. The number of halogens is 3. The molecule has 0 N–H and O–H groups in total. The standard InChI is InChI=1S/C20H14Br2N2.C19H12BrN3/c21-15-10-11-17(22)19(13-15)24(16-7-2-1-3-8-16)20-12-14-6-4-5-9-18(14)23-20;20-13-10-11-17-18(12-13)22(14-6-2-1-3-7-14)19-21-15-8-4-5-9-16(15)23(17)19/h1-11,13H,12H2;1-12H. The lowest BCUT2D eigenvalue weighted by Crippen LogP contribution is -2.26. The SMILES string of the molecule is Brc1ccc(Br)c(N(C2=Nc3ccccc3C2)c2ccccc2)c1.Brc1ccc2c(c1)n(-c1ccccc1)c1nc3ccccc3n21. The van der Waals surface area contributed by atoms with E-state index in [4.69, 9.17) is 9.98 Å². The van der Waals surface area contributed by atoms with Gasteiger partial charge in [0.05, 0.1) is 33.4 Å². The lowest BCUT2D eigenvalue weighted by molar-refractivity contribution is 1.11. The molecule has 2 aromatic heterocycles. The topological polar surface area (TPSA) is 37.8 Å². The molecule has 47 heavy (non-hydrogen) atoms. The summed E-state index contributed by atoms with van der Waals surface area (Å²) < 4.78 is 7.57. The van der Waals surface area contributed by atoms with Gasteiger partial charge in [-0.15, -0.1) is 0 Å². The molecule has 5 nitrogen and oxygen atoms in total. The number of hydrogen-bond acceptors (Lipinski definition) is 3. The second-order valence-corrected chi connectivity index (χ2v) is 13.8. The minimum Gasteiger partial charge on any atom is -0.297 e. The molecule has 0 saturated carbocycles. The third kappa shape index (κ3) is 5.60. The molecule has 0 saturated heterocycles. The average molecular weight is 804 g/mol. The van der Waals surface area contributed by atoms with E-state index in [9.17, 15) is 0 Å². The zero-order valence-corrected chi connectivity index (χ0v) is 29.7. The van der Waals surface area contributed by atoms with Gasteiger partial charge >= 0.3 is 0 Å². The first-order valence-electron chi connectivity index (χ1n) is 15.1. The predicted octanol–water partition coefficient (Wildman–Crippen LogP) is 11.8. The van der Waals surface area contributed by atoms with Gasteiger partial charge in [0, 0.05) is 31.2 Å². The van der Waals surface area contributed by atoms with Gasteiger partial charge in [0.1, 0.15) is 5.84 Å². The zero-order valence-electron chi connectivity index (χ0n) is 24.9. The molecular formula is C39H26Br3N5. The van der Waals surface area contributed by atoms with Crippen LogP contribution in [0.2, 0.25) is 0 Å². The number of benzene rings is 6. The fraction of sp³-hybridized carbons (Fsp3) is 0.0256. The van der Waals surface area contributed by atoms with E-state index in [1.54, 1.807) is 0 Å². The summed E-state index contributed by atoms with van der Waals surface area (Å²) >= 11 is 10.9. The number of anilines is 2. The van der Waals surface area contributed by atoms with E-state index in [1.807, 2.05) is 30.3 Å². The highest BCUT2D eigenvalue weighted by atomic mass is 79.9. The van der Waals surface area contributed by atoms with E-state index in [1.165, 1.54) is 5.56 Å². The van der Waals surface area contributed by atoms with Crippen LogP contribution in [-0.4, -0.2) is 19.8 Å². The fourth-order valence-corrected chi connectivity index (χ4v) is 7.24. The highest BCUT2D eigenvalue weighted by molar-refractivity contribution is 9.11. The first kappa shape index (κ1) is 29.9. The van der Waals surface area contributed by atoms with Crippen LogP contribution in [0.3, 0.4) is 0 Å². The van der Waals surface area contributed by atoms with Crippen molar-refractivity contribution >= 4 is 98.5 Å².